The second-order valence-corrected chi connectivity index (χ2v) is 2.97. The number of hydrogen-bond acceptors (Lipinski definition) is 4. The van der Waals surface area contributed by atoms with Crippen molar-refractivity contribution in [3.8, 4) is 5.88 Å². The lowest BCUT2D eigenvalue weighted by Gasteiger charge is -1.96. The normalized spacial score (nSPS) is 10.3. The van der Waals surface area contributed by atoms with Crippen LogP contribution in [-0.4, -0.2) is 30.2 Å². The van der Waals surface area contributed by atoms with Crippen LogP contribution in [0.1, 0.15) is 10.5 Å². The lowest BCUT2D eigenvalue weighted by atomic mass is 10.3. The summed E-state index contributed by atoms with van der Waals surface area (Å²) in [7, 11) is 2.88. The van der Waals surface area contributed by atoms with Crippen molar-refractivity contribution in [2.24, 2.45) is 0 Å². The van der Waals surface area contributed by atoms with Gasteiger partial charge in [0.05, 0.1) is 14.2 Å². The van der Waals surface area contributed by atoms with Crippen molar-refractivity contribution < 1.29 is 14.3 Å². The number of aromatic amines is 1. The van der Waals surface area contributed by atoms with Gasteiger partial charge in [-0.3, -0.25) is 0 Å². The highest BCUT2D eigenvalue weighted by molar-refractivity contribution is 5.93. The Morgan fingerprint density at radius 3 is 2.87 bits per heavy atom. The molecule has 2 aromatic heterocycles. The Labute approximate surface area is 86.0 Å². The molecule has 0 bridgehead atoms. The number of methoxy groups -OCH3 is 2. The molecule has 5 nitrogen and oxygen atoms in total. The maximum Gasteiger partial charge on any atom is 0.354 e. The van der Waals surface area contributed by atoms with Gasteiger partial charge in [-0.1, -0.05) is 0 Å². The fraction of sp³-hybridized carbons (Fsp3) is 0.200. The molecule has 2 aromatic rings. The molecular formula is C10H10N2O3. The lowest BCUT2D eigenvalue weighted by molar-refractivity contribution is 0.0595. The molecule has 0 radical (unpaired) electrons. The predicted molar refractivity (Wildman–Crippen MR) is 54.0 cm³/mol. The largest absolute Gasteiger partial charge is 0.481 e. The van der Waals surface area contributed by atoms with E-state index in [1.807, 2.05) is 6.07 Å². The molecule has 0 spiro atoms. The van der Waals surface area contributed by atoms with Crippen LogP contribution in [0.15, 0.2) is 18.2 Å². The first kappa shape index (κ1) is 9.51. The van der Waals surface area contributed by atoms with Gasteiger partial charge in [-0.05, 0) is 12.1 Å². The number of pyridine rings is 1. The van der Waals surface area contributed by atoms with Crippen molar-refractivity contribution in [3.05, 3.63) is 23.9 Å². The molecule has 15 heavy (non-hydrogen) atoms. The van der Waals surface area contributed by atoms with E-state index in [1.165, 1.54) is 7.11 Å². The van der Waals surface area contributed by atoms with E-state index in [0.29, 0.717) is 17.2 Å². The van der Waals surface area contributed by atoms with Crippen molar-refractivity contribution >= 4 is 17.0 Å². The van der Waals surface area contributed by atoms with Crippen LogP contribution in [-0.2, 0) is 4.74 Å². The maximum absolute atomic E-state index is 11.2. The molecule has 2 rings (SSSR count). The topological polar surface area (TPSA) is 64.2 Å². The quantitative estimate of drug-likeness (QED) is 0.753. The summed E-state index contributed by atoms with van der Waals surface area (Å²) >= 11 is 0. The zero-order valence-electron chi connectivity index (χ0n) is 8.40. The van der Waals surface area contributed by atoms with Gasteiger partial charge in [0.15, 0.2) is 0 Å². The number of H-pyrrole nitrogens is 1. The number of esters is 1. The van der Waals surface area contributed by atoms with Crippen molar-refractivity contribution in [2.45, 2.75) is 0 Å². The van der Waals surface area contributed by atoms with E-state index in [0.717, 1.165) is 5.39 Å². The van der Waals surface area contributed by atoms with E-state index in [9.17, 15) is 4.79 Å². The maximum atomic E-state index is 11.2. The summed E-state index contributed by atoms with van der Waals surface area (Å²) in [6.07, 6.45) is 0. The molecule has 1 N–H and O–H groups in total. The fourth-order valence-electron chi connectivity index (χ4n) is 1.32. The van der Waals surface area contributed by atoms with Gasteiger partial charge in [-0.15, -0.1) is 0 Å². The molecule has 0 aliphatic heterocycles. The van der Waals surface area contributed by atoms with E-state index in [2.05, 4.69) is 14.7 Å². The summed E-state index contributed by atoms with van der Waals surface area (Å²) in [4.78, 5) is 18.2. The molecule has 0 aliphatic carbocycles. The van der Waals surface area contributed by atoms with Crippen molar-refractivity contribution in [3.63, 3.8) is 0 Å². The van der Waals surface area contributed by atoms with E-state index in [4.69, 9.17) is 4.74 Å². The predicted octanol–water partition coefficient (Wildman–Crippen LogP) is 1.36. The fourth-order valence-corrected chi connectivity index (χ4v) is 1.32. The van der Waals surface area contributed by atoms with Gasteiger partial charge in [0.1, 0.15) is 11.3 Å². The van der Waals surface area contributed by atoms with Crippen LogP contribution in [0, 0.1) is 0 Å². The number of rotatable bonds is 2. The van der Waals surface area contributed by atoms with Crippen LogP contribution in [0.4, 0.5) is 0 Å². The second-order valence-electron chi connectivity index (χ2n) is 2.97. The summed E-state index contributed by atoms with van der Waals surface area (Å²) in [5, 5.41) is 0.844. The summed E-state index contributed by atoms with van der Waals surface area (Å²) in [5.74, 6) is 0.0905. The Morgan fingerprint density at radius 1 is 1.40 bits per heavy atom. The highest BCUT2D eigenvalue weighted by atomic mass is 16.5. The highest BCUT2D eigenvalue weighted by Crippen LogP contribution is 2.17. The Balaban J connectivity index is 2.51. The van der Waals surface area contributed by atoms with E-state index in [1.54, 1.807) is 19.2 Å². The molecule has 0 aromatic carbocycles. The third-order valence-electron chi connectivity index (χ3n) is 2.07. The Bertz CT molecular complexity index is 504. The van der Waals surface area contributed by atoms with Crippen LogP contribution in [0.5, 0.6) is 5.88 Å². The number of nitrogens with one attached hydrogen (secondary N) is 1. The van der Waals surface area contributed by atoms with Gasteiger partial charge in [0.2, 0.25) is 5.88 Å². The van der Waals surface area contributed by atoms with Gasteiger partial charge < -0.3 is 14.5 Å². The minimum Gasteiger partial charge on any atom is -0.481 e. The highest BCUT2D eigenvalue weighted by Gasteiger charge is 2.10. The van der Waals surface area contributed by atoms with E-state index < -0.39 is 5.97 Å². The second kappa shape index (κ2) is 3.61. The smallest absolute Gasteiger partial charge is 0.354 e. The minimum atomic E-state index is -0.410. The van der Waals surface area contributed by atoms with Gasteiger partial charge in [0, 0.05) is 11.5 Å². The van der Waals surface area contributed by atoms with Crippen LogP contribution >= 0.6 is 0 Å². The van der Waals surface area contributed by atoms with Crippen molar-refractivity contribution in [1.82, 2.24) is 9.97 Å². The average Bonchev–Trinajstić information content (AvgIpc) is 2.70. The standard InChI is InChI=1S/C10H10N2O3/c1-14-8-4-3-6-5-7(10(13)15-2)11-9(6)12-8/h3-5H,1-2H3,(H,11,12). The van der Waals surface area contributed by atoms with Crippen LogP contribution in [0.3, 0.4) is 0 Å². The third kappa shape index (κ3) is 1.63. The lowest BCUT2D eigenvalue weighted by Crippen LogP contribution is -2.00. The molecule has 0 saturated heterocycles. The molecule has 0 fully saturated rings. The third-order valence-corrected chi connectivity index (χ3v) is 2.07. The Morgan fingerprint density at radius 2 is 2.20 bits per heavy atom. The van der Waals surface area contributed by atoms with Crippen molar-refractivity contribution in [2.75, 3.05) is 14.2 Å². The first-order chi connectivity index (χ1) is 7.24. The molecule has 0 amide bonds. The Kier molecular flexibility index (Phi) is 2.29. The monoisotopic (exact) mass is 206 g/mol. The average molecular weight is 206 g/mol. The minimum absolute atomic E-state index is 0.383. The van der Waals surface area contributed by atoms with Gasteiger partial charge >= 0.3 is 5.97 Å². The molecule has 0 unspecified atom stereocenters. The van der Waals surface area contributed by atoms with Crippen LogP contribution in [0.2, 0.25) is 0 Å². The summed E-state index contributed by atoms with van der Waals surface area (Å²) < 4.78 is 9.56. The van der Waals surface area contributed by atoms with Gasteiger partial charge in [-0.25, -0.2) is 4.79 Å². The molecule has 5 heteroatoms. The van der Waals surface area contributed by atoms with Crippen LogP contribution in [0.25, 0.3) is 11.0 Å². The molecule has 0 aliphatic rings. The van der Waals surface area contributed by atoms with Crippen LogP contribution < -0.4 is 4.74 Å². The van der Waals surface area contributed by atoms with E-state index >= 15 is 0 Å². The molecule has 0 atom stereocenters. The van der Waals surface area contributed by atoms with Gasteiger partial charge in [0.25, 0.3) is 0 Å². The van der Waals surface area contributed by atoms with E-state index in [-0.39, 0.29) is 0 Å². The molecule has 78 valence electrons. The number of hydrogen-bond donors (Lipinski definition) is 1. The first-order valence-electron chi connectivity index (χ1n) is 4.36. The molecule has 0 saturated carbocycles. The molecular weight excluding hydrogens is 196 g/mol. The van der Waals surface area contributed by atoms with Crippen molar-refractivity contribution in [1.29, 1.82) is 0 Å². The number of nitrogens with zero attached hydrogens (tertiary/aromatic N) is 1. The zero-order chi connectivity index (χ0) is 10.8. The number of carbonyl (C=O) groups excluding carboxylic acids is 1. The zero-order valence-corrected chi connectivity index (χ0v) is 8.40. The summed E-state index contributed by atoms with van der Waals surface area (Å²) in [5.41, 5.74) is 0.989. The number of carbonyl (C=O) groups is 1. The number of ether oxygens (including phenoxy) is 2. The summed E-state index contributed by atoms with van der Waals surface area (Å²) in [6, 6.07) is 5.24. The number of fused-ring (bicyclic) bond motifs is 1. The molecule has 2 heterocycles. The summed E-state index contributed by atoms with van der Waals surface area (Å²) in [6.45, 7) is 0. The SMILES string of the molecule is COC(=O)c1cc2ccc(OC)nc2[nH]1. The first-order valence-corrected chi connectivity index (χ1v) is 4.36. The Hall–Kier alpha value is -2.04. The number of aromatic nitrogens is 2. The van der Waals surface area contributed by atoms with Gasteiger partial charge in [-0.2, -0.15) is 4.98 Å².